The summed E-state index contributed by atoms with van der Waals surface area (Å²) in [4.78, 5) is 38.4. The zero-order valence-electron chi connectivity index (χ0n) is 14.2. The molecule has 1 atom stereocenters. The van der Waals surface area contributed by atoms with Gasteiger partial charge in [0.1, 0.15) is 5.92 Å². The Kier molecular flexibility index (Phi) is 5.23. The number of nitrogens with zero attached hydrogens (tertiary/aromatic N) is 1. The standard InChI is InChI=1S/C19H18ClN3O3/c1-21-17(24)12-3-2-4-14(11-12)22-18(25)16-9-10-23(19(16)26)15-7-5-13(20)6-8-15/h2-8,11,16H,9-10H2,1H3,(H,21,24)(H,22,25). The third-order valence-electron chi connectivity index (χ3n) is 4.28. The molecule has 1 aliphatic rings. The van der Waals surface area contributed by atoms with E-state index in [1.54, 1.807) is 53.4 Å². The van der Waals surface area contributed by atoms with Crippen molar-refractivity contribution in [1.82, 2.24) is 5.32 Å². The van der Waals surface area contributed by atoms with Crippen LogP contribution in [0.2, 0.25) is 5.02 Å². The van der Waals surface area contributed by atoms with Crippen molar-refractivity contribution in [2.24, 2.45) is 5.92 Å². The van der Waals surface area contributed by atoms with Crippen LogP contribution in [0.4, 0.5) is 11.4 Å². The van der Waals surface area contributed by atoms with Crippen molar-refractivity contribution >= 4 is 40.7 Å². The summed E-state index contributed by atoms with van der Waals surface area (Å²) < 4.78 is 0. The molecule has 1 fully saturated rings. The van der Waals surface area contributed by atoms with Crippen LogP contribution in [0.15, 0.2) is 48.5 Å². The van der Waals surface area contributed by atoms with Crippen molar-refractivity contribution in [3.05, 3.63) is 59.1 Å². The summed E-state index contributed by atoms with van der Waals surface area (Å²) in [7, 11) is 1.54. The number of hydrogen-bond donors (Lipinski definition) is 2. The van der Waals surface area contributed by atoms with Gasteiger partial charge in [0.05, 0.1) is 0 Å². The fourth-order valence-electron chi connectivity index (χ4n) is 2.91. The normalized spacial score (nSPS) is 16.5. The topological polar surface area (TPSA) is 78.5 Å². The minimum atomic E-state index is -0.755. The molecule has 0 spiro atoms. The Labute approximate surface area is 156 Å². The van der Waals surface area contributed by atoms with Gasteiger partial charge in [-0.05, 0) is 48.9 Å². The van der Waals surface area contributed by atoms with E-state index in [9.17, 15) is 14.4 Å². The van der Waals surface area contributed by atoms with E-state index in [0.29, 0.717) is 29.2 Å². The van der Waals surface area contributed by atoms with E-state index in [4.69, 9.17) is 11.6 Å². The first-order chi connectivity index (χ1) is 12.5. The van der Waals surface area contributed by atoms with E-state index in [-0.39, 0.29) is 17.7 Å². The number of anilines is 2. The third kappa shape index (κ3) is 3.70. The second-order valence-electron chi connectivity index (χ2n) is 5.96. The molecule has 7 heteroatoms. The average Bonchev–Trinajstić information content (AvgIpc) is 3.03. The predicted octanol–water partition coefficient (Wildman–Crippen LogP) is 2.69. The van der Waals surface area contributed by atoms with Crippen LogP contribution in [0.1, 0.15) is 16.8 Å². The highest BCUT2D eigenvalue weighted by molar-refractivity contribution is 6.30. The number of carbonyl (C=O) groups is 3. The number of carbonyl (C=O) groups excluding carboxylic acids is 3. The molecule has 2 N–H and O–H groups in total. The molecule has 2 aromatic rings. The van der Waals surface area contributed by atoms with Crippen LogP contribution in [0.25, 0.3) is 0 Å². The molecule has 1 aliphatic heterocycles. The van der Waals surface area contributed by atoms with Crippen LogP contribution in [0.3, 0.4) is 0 Å². The van der Waals surface area contributed by atoms with Crippen molar-refractivity contribution in [2.45, 2.75) is 6.42 Å². The Balaban J connectivity index is 1.70. The van der Waals surface area contributed by atoms with Crippen LogP contribution in [-0.2, 0) is 9.59 Å². The SMILES string of the molecule is CNC(=O)c1cccc(NC(=O)C2CCN(c3ccc(Cl)cc3)C2=O)c1. The van der Waals surface area contributed by atoms with Crippen molar-refractivity contribution in [1.29, 1.82) is 0 Å². The van der Waals surface area contributed by atoms with Gasteiger partial charge in [0.2, 0.25) is 11.8 Å². The second kappa shape index (κ2) is 7.58. The summed E-state index contributed by atoms with van der Waals surface area (Å²) in [6.07, 6.45) is 0.433. The lowest BCUT2D eigenvalue weighted by molar-refractivity contribution is -0.129. The third-order valence-corrected chi connectivity index (χ3v) is 4.53. The minimum Gasteiger partial charge on any atom is -0.355 e. The Hall–Kier alpha value is -2.86. The van der Waals surface area contributed by atoms with Gasteiger partial charge in [-0.2, -0.15) is 0 Å². The molecule has 0 bridgehead atoms. The van der Waals surface area contributed by atoms with Gasteiger partial charge in [0.15, 0.2) is 0 Å². The number of nitrogens with one attached hydrogen (secondary N) is 2. The van der Waals surface area contributed by atoms with Crippen LogP contribution in [0.5, 0.6) is 0 Å². The molecule has 0 radical (unpaired) electrons. The first-order valence-corrected chi connectivity index (χ1v) is 8.57. The summed E-state index contributed by atoms with van der Waals surface area (Å²) in [5, 5.41) is 5.85. The summed E-state index contributed by atoms with van der Waals surface area (Å²) in [5.41, 5.74) is 1.64. The maximum Gasteiger partial charge on any atom is 0.251 e. The quantitative estimate of drug-likeness (QED) is 0.811. The number of benzene rings is 2. The lowest BCUT2D eigenvalue weighted by atomic mass is 10.1. The van der Waals surface area contributed by atoms with E-state index in [0.717, 1.165) is 5.69 Å². The van der Waals surface area contributed by atoms with Crippen LogP contribution < -0.4 is 15.5 Å². The minimum absolute atomic E-state index is 0.243. The fourth-order valence-corrected chi connectivity index (χ4v) is 3.04. The molecule has 0 aliphatic carbocycles. The first kappa shape index (κ1) is 17.9. The Morgan fingerprint density at radius 2 is 1.88 bits per heavy atom. The van der Waals surface area contributed by atoms with Gasteiger partial charge in [-0.3, -0.25) is 14.4 Å². The molecule has 134 valence electrons. The van der Waals surface area contributed by atoms with E-state index in [2.05, 4.69) is 10.6 Å². The number of hydrogen-bond acceptors (Lipinski definition) is 3. The summed E-state index contributed by atoms with van der Waals surface area (Å²) in [5.74, 6) is -1.62. The van der Waals surface area contributed by atoms with Crippen molar-refractivity contribution in [3.63, 3.8) is 0 Å². The highest BCUT2D eigenvalue weighted by Crippen LogP contribution is 2.27. The van der Waals surface area contributed by atoms with Crippen LogP contribution in [0, 0.1) is 5.92 Å². The molecule has 6 nitrogen and oxygen atoms in total. The van der Waals surface area contributed by atoms with Gasteiger partial charge < -0.3 is 15.5 Å². The molecule has 1 unspecified atom stereocenters. The maximum atomic E-state index is 12.6. The Bertz CT molecular complexity index is 851. The van der Waals surface area contributed by atoms with Crippen molar-refractivity contribution < 1.29 is 14.4 Å². The Morgan fingerprint density at radius 3 is 2.58 bits per heavy atom. The summed E-state index contributed by atoms with van der Waals surface area (Å²) >= 11 is 5.87. The summed E-state index contributed by atoms with van der Waals surface area (Å²) in [6.45, 7) is 0.469. The second-order valence-corrected chi connectivity index (χ2v) is 6.39. The smallest absolute Gasteiger partial charge is 0.251 e. The molecule has 0 saturated carbocycles. The highest BCUT2D eigenvalue weighted by Gasteiger charge is 2.37. The highest BCUT2D eigenvalue weighted by atomic mass is 35.5. The van der Waals surface area contributed by atoms with Crippen molar-refractivity contribution in [3.8, 4) is 0 Å². The van der Waals surface area contributed by atoms with Gasteiger partial charge in [0.25, 0.3) is 5.91 Å². The van der Waals surface area contributed by atoms with E-state index in [1.165, 1.54) is 7.05 Å². The van der Waals surface area contributed by atoms with Gasteiger partial charge >= 0.3 is 0 Å². The van der Waals surface area contributed by atoms with Gasteiger partial charge in [0, 0.05) is 35.6 Å². The number of halogens is 1. The van der Waals surface area contributed by atoms with Crippen molar-refractivity contribution in [2.75, 3.05) is 23.8 Å². The number of rotatable bonds is 4. The molecular weight excluding hydrogens is 354 g/mol. The van der Waals surface area contributed by atoms with Crippen LogP contribution in [-0.4, -0.2) is 31.3 Å². The number of amides is 3. The molecule has 1 heterocycles. The zero-order chi connectivity index (χ0) is 18.7. The van der Waals surface area contributed by atoms with Crippen LogP contribution >= 0.6 is 11.6 Å². The first-order valence-electron chi connectivity index (χ1n) is 8.19. The van der Waals surface area contributed by atoms with Gasteiger partial charge in [-0.1, -0.05) is 17.7 Å². The molecule has 3 amide bonds. The lowest BCUT2D eigenvalue weighted by Gasteiger charge is -2.17. The fraction of sp³-hybridized carbons (Fsp3) is 0.211. The predicted molar refractivity (Wildman–Crippen MR) is 100 cm³/mol. The molecule has 0 aromatic heterocycles. The molecular formula is C19H18ClN3O3. The van der Waals surface area contributed by atoms with Gasteiger partial charge in [-0.15, -0.1) is 0 Å². The lowest BCUT2D eigenvalue weighted by Crippen LogP contribution is -2.33. The molecule has 2 aromatic carbocycles. The summed E-state index contributed by atoms with van der Waals surface area (Å²) in [6, 6.07) is 13.5. The van der Waals surface area contributed by atoms with Gasteiger partial charge in [-0.25, -0.2) is 0 Å². The van der Waals surface area contributed by atoms with E-state index >= 15 is 0 Å². The van der Waals surface area contributed by atoms with E-state index in [1.807, 2.05) is 0 Å². The molecule has 3 rings (SSSR count). The molecule has 1 saturated heterocycles. The monoisotopic (exact) mass is 371 g/mol. The average molecular weight is 372 g/mol. The van der Waals surface area contributed by atoms with E-state index < -0.39 is 5.92 Å². The zero-order valence-corrected chi connectivity index (χ0v) is 14.9. The maximum absolute atomic E-state index is 12.6. The Morgan fingerprint density at radius 1 is 1.15 bits per heavy atom. The molecule has 26 heavy (non-hydrogen) atoms. The largest absolute Gasteiger partial charge is 0.355 e.